The van der Waals surface area contributed by atoms with E-state index in [9.17, 15) is 14.4 Å². The van der Waals surface area contributed by atoms with Gasteiger partial charge in [-0.3, -0.25) is 14.5 Å². The summed E-state index contributed by atoms with van der Waals surface area (Å²) in [6.07, 6.45) is 5.36. The van der Waals surface area contributed by atoms with Crippen LogP contribution in [0.15, 0.2) is 84.9 Å². The van der Waals surface area contributed by atoms with Crippen molar-refractivity contribution in [3.05, 3.63) is 102 Å². The molecule has 0 saturated carbocycles. The molecule has 0 aliphatic carbocycles. The summed E-state index contributed by atoms with van der Waals surface area (Å²) in [7, 11) is 0. The Morgan fingerprint density at radius 1 is 0.939 bits per heavy atom. The molecule has 7 heteroatoms. The number of esters is 1. The molecule has 3 rings (SSSR count). The van der Waals surface area contributed by atoms with Crippen LogP contribution in [0.3, 0.4) is 0 Å². The zero-order chi connectivity index (χ0) is 23.6. The summed E-state index contributed by atoms with van der Waals surface area (Å²) in [5.74, 6) is 0.0809. The molecular weight excluding hydrogens is 418 g/mol. The number of ether oxygens (including phenoxy) is 1. The van der Waals surface area contributed by atoms with Crippen molar-refractivity contribution in [2.24, 2.45) is 0 Å². The van der Waals surface area contributed by atoms with Crippen LogP contribution in [-0.2, 0) is 20.9 Å². The molecule has 0 aliphatic heterocycles. The van der Waals surface area contributed by atoms with Crippen molar-refractivity contribution >= 4 is 23.5 Å². The molecule has 0 aliphatic rings. The van der Waals surface area contributed by atoms with Crippen LogP contribution in [0.1, 0.15) is 27.5 Å². The van der Waals surface area contributed by atoms with Gasteiger partial charge in [-0.05, 0) is 41.3 Å². The Kier molecular flexibility index (Phi) is 7.81. The smallest absolute Gasteiger partial charge is 0.339 e. The van der Waals surface area contributed by atoms with Crippen molar-refractivity contribution < 1.29 is 19.1 Å². The summed E-state index contributed by atoms with van der Waals surface area (Å²) in [6, 6.07) is 23.0. The van der Waals surface area contributed by atoms with E-state index in [0.717, 1.165) is 10.5 Å². The highest BCUT2D eigenvalue weighted by Gasteiger charge is 2.32. The number of rotatable bonds is 8. The van der Waals surface area contributed by atoms with Gasteiger partial charge in [0, 0.05) is 12.2 Å². The van der Waals surface area contributed by atoms with Crippen molar-refractivity contribution in [1.82, 2.24) is 10.2 Å². The molecule has 33 heavy (non-hydrogen) atoms. The Bertz CT molecular complexity index is 1140. The van der Waals surface area contributed by atoms with Gasteiger partial charge < -0.3 is 15.8 Å². The fraction of sp³-hybridized carbons (Fsp3) is 0.115. The van der Waals surface area contributed by atoms with E-state index >= 15 is 0 Å². The highest BCUT2D eigenvalue weighted by molar-refractivity contribution is 5.97. The zero-order valence-corrected chi connectivity index (χ0v) is 17.8. The fourth-order valence-electron chi connectivity index (χ4n) is 3.15. The van der Waals surface area contributed by atoms with E-state index < -0.39 is 30.6 Å². The van der Waals surface area contributed by atoms with Gasteiger partial charge in [-0.2, -0.15) is 0 Å². The molecule has 0 fully saturated rings. The van der Waals surface area contributed by atoms with Crippen molar-refractivity contribution in [2.75, 3.05) is 12.5 Å². The molecule has 0 bridgehead atoms. The topological polar surface area (TPSA) is 102 Å². The minimum atomic E-state index is -1.14. The van der Waals surface area contributed by atoms with E-state index in [4.69, 9.17) is 16.9 Å². The molecule has 7 nitrogen and oxygen atoms in total. The molecular formula is C26H23N3O4. The Morgan fingerprint density at radius 2 is 1.55 bits per heavy atom. The van der Waals surface area contributed by atoms with Gasteiger partial charge in [0.15, 0.2) is 6.73 Å². The lowest BCUT2D eigenvalue weighted by atomic mass is 10.0. The van der Waals surface area contributed by atoms with Gasteiger partial charge >= 0.3 is 11.9 Å². The number of hydrogen-bond donors (Lipinski definition) is 2. The number of nitrogen functional groups attached to an aromatic ring is 1. The molecule has 0 aromatic heterocycles. The molecule has 166 valence electrons. The van der Waals surface area contributed by atoms with E-state index in [1.54, 1.807) is 54.6 Å². The lowest BCUT2D eigenvalue weighted by Crippen LogP contribution is -2.44. The van der Waals surface area contributed by atoms with Gasteiger partial charge in [0.25, 0.3) is 0 Å². The number of terminal acetylenes is 1. The second-order valence-corrected chi connectivity index (χ2v) is 7.12. The summed E-state index contributed by atoms with van der Waals surface area (Å²) < 4.78 is 5.32. The molecule has 1 unspecified atom stereocenters. The van der Waals surface area contributed by atoms with Crippen molar-refractivity contribution in [3.8, 4) is 12.3 Å². The van der Waals surface area contributed by atoms with Crippen LogP contribution in [0.5, 0.6) is 0 Å². The minimum absolute atomic E-state index is 0.243. The Morgan fingerprint density at radius 3 is 2.15 bits per heavy atom. The molecule has 0 spiro atoms. The second kappa shape index (κ2) is 11.2. The maximum absolute atomic E-state index is 13.2. The van der Waals surface area contributed by atoms with Gasteiger partial charge in [-0.1, -0.05) is 60.7 Å². The number of anilines is 1. The third-order valence-electron chi connectivity index (χ3n) is 4.85. The first kappa shape index (κ1) is 23.1. The van der Waals surface area contributed by atoms with Gasteiger partial charge in [0.05, 0.1) is 5.56 Å². The number of nitrogens with zero attached hydrogens (tertiary/aromatic N) is 1. The SMILES string of the molecule is C#CC(=O)N(COC(=O)c1ccccc1)C(C(=O)NCc1ccccc1)c1ccc(N)cc1. The standard InChI is InChI=1S/C26H23N3O4/c1-2-23(30)29(18-33-26(32)21-11-7-4-8-12-21)24(20-13-15-22(27)16-14-20)25(31)28-17-19-9-5-3-6-10-19/h1,3-16,24H,17-18,27H2,(H,28,31). The third-order valence-corrected chi connectivity index (χ3v) is 4.85. The van der Waals surface area contributed by atoms with E-state index in [-0.39, 0.29) is 6.54 Å². The zero-order valence-electron chi connectivity index (χ0n) is 17.8. The maximum Gasteiger partial charge on any atom is 0.339 e. The highest BCUT2D eigenvalue weighted by Crippen LogP contribution is 2.23. The largest absolute Gasteiger partial charge is 0.441 e. The number of carbonyl (C=O) groups is 3. The Labute approximate surface area is 192 Å². The number of nitrogens with two attached hydrogens (primary N) is 1. The van der Waals surface area contributed by atoms with Gasteiger partial charge in [-0.15, -0.1) is 6.42 Å². The first-order valence-electron chi connectivity index (χ1n) is 10.2. The summed E-state index contributed by atoms with van der Waals surface area (Å²) in [6.45, 7) is -0.266. The van der Waals surface area contributed by atoms with Crippen molar-refractivity contribution in [2.45, 2.75) is 12.6 Å². The molecule has 3 aromatic rings. The first-order valence-corrected chi connectivity index (χ1v) is 10.2. The second-order valence-electron chi connectivity index (χ2n) is 7.12. The van der Waals surface area contributed by atoms with Crippen LogP contribution in [0.25, 0.3) is 0 Å². The summed E-state index contributed by atoms with van der Waals surface area (Å²) in [5, 5.41) is 2.82. The molecule has 1 atom stereocenters. The lowest BCUT2D eigenvalue weighted by molar-refractivity contribution is -0.141. The van der Waals surface area contributed by atoms with Crippen LogP contribution in [-0.4, -0.2) is 29.4 Å². The average Bonchev–Trinajstić information content (AvgIpc) is 2.86. The van der Waals surface area contributed by atoms with Gasteiger partial charge in [-0.25, -0.2) is 4.79 Å². The maximum atomic E-state index is 13.2. The van der Waals surface area contributed by atoms with Crippen molar-refractivity contribution in [1.29, 1.82) is 0 Å². The quantitative estimate of drug-likeness (QED) is 0.242. The molecule has 3 N–H and O–H groups in total. The molecule has 2 amide bonds. The Hall–Kier alpha value is -4.57. The molecule has 3 aromatic carbocycles. The van der Waals surface area contributed by atoms with Crippen LogP contribution in [0.4, 0.5) is 5.69 Å². The summed E-state index contributed by atoms with van der Waals surface area (Å²) in [5.41, 5.74) is 7.93. The van der Waals surface area contributed by atoms with Crippen LogP contribution < -0.4 is 11.1 Å². The number of hydrogen-bond acceptors (Lipinski definition) is 5. The van der Waals surface area contributed by atoms with E-state index in [2.05, 4.69) is 5.32 Å². The average molecular weight is 441 g/mol. The van der Waals surface area contributed by atoms with Crippen LogP contribution in [0, 0.1) is 12.3 Å². The Balaban J connectivity index is 1.85. The number of amides is 2. The van der Waals surface area contributed by atoms with Crippen LogP contribution >= 0.6 is 0 Å². The highest BCUT2D eigenvalue weighted by atomic mass is 16.5. The van der Waals surface area contributed by atoms with E-state index in [1.165, 1.54) is 0 Å². The monoisotopic (exact) mass is 441 g/mol. The van der Waals surface area contributed by atoms with Crippen molar-refractivity contribution in [3.63, 3.8) is 0 Å². The number of benzene rings is 3. The summed E-state index contributed by atoms with van der Waals surface area (Å²) in [4.78, 5) is 39.3. The molecule has 0 heterocycles. The molecule has 0 radical (unpaired) electrons. The minimum Gasteiger partial charge on any atom is -0.441 e. The van der Waals surface area contributed by atoms with E-state index in [1.807, 2.05) is 36.3 Å². The first-order chi connectivity index (χ1) is 16.0. The number of carbonyl (C=O) groups excluding carboxylic acids is 3. The predicted molar refractivity (Wildman–Crippen MR) is 124 cm³/mol. The van der Waals surface area contributed by atoms with Gasteiger partial charge in [0.1, 0.15) is 6.04 Å². The normalized spacial score (nSPS) is 11.0. The fourth-order valence-corrected chi connectivity index (χ4v) is 3.15. The third kappa shape index (κ3) is 6.21. The molecule has 0 saturated heterocycles. The lowest BCUT2D eigenvalue weighted by Gasteiger charge is -2.29. The predicted octanol–water partition coefficient (Wildman–Crippen LogP) is 2.90. The van der Waals surface area contributed by atoms with Gasteiger partial charge in [0.2, 0.25) is 5.91 Å². The summed E-state index contributed by atoms with van der Waals surface area (Å²) >= 11 is 0. The number of nitrogens with one attached hydrogen (secondary N) is 1. The van der Waals surface area contributed by atoms with E-state index in [0.29, 0.717) is 16.8 Å². The van der Waals surface area contributed by atoms with Crippen LogP contribution in [0.2, 0.25) is 0 Å².